The summed E-state index contributed by atoms with van der Waals surface area (Å²) in [6, 6.07) is 1.86. The zero-order valence-electron chi connectivity index (χ0n) is 26.2. The van der Waals surface area contributed by atoms with Crippen LogP contribution in [0.2, 0.25) is 0 Å². The Balaban J connectivity index is 1.14. The Morgan fingerprint density at radius 1 is 1.02 bits per heavy atom. The average Bonchev–Trinajstić information content (AvgIpc) is 3.86. The summed E-state index contributed by atoms with van der Waals surface area (Å²) in [5.74, 6) is -5.26. The highest BCUT2D eigenvalue weighted by Gasteiger charge is 2.37. The van der Waals surface area contributed by atoms with Crippen molar-refractivity contribution in [2.24, 2.45) is 11.8 Å². The fraction of sp³-hybridized carbons (Fsp3) is 0.469. The summed E-state index contributed by atoms with van der Waals surface area (Å²) in [5.41, 5.74) is 0.493. The molecule has 0 spiro atoms. The number of amides is 1. The summed E-state index contributed by atoms with van der Waals surface area (Å²) in [6.07, 6.45) is 10.5. The van der Waals surface area contributed by atoms with Crippen LogP contribution in [0.1, 0.15) is 74.8 Å². The van der Waals surface area contributed by atoms with Crippen LogP contribution in [0.25, 0.3) is 22.0 Å². The second kappa shape index (κ2) is 14.7. The Hall–Kier alpha value is -4.57. The number of nitrogens with zero attached hydrogens (tertiary/aromatic N) is 6. The highest BCUT2D eigenvalue weighted by Crippen LogP contribution is 2.35. The molecule has 2 aliphatic carbocycles. The minimum absolute atomic E-state index is 0.00135. The fourth-order valence-electron chi connectivity index (χ4n) is 6.33. The number of nitrogens with one attached hydrogen (secondary N) is 1. The second-order valence-electron chi connectivity index (χ2n) is 11.9. The van der Waals surface area contributed by atoms with E-state index in [-0.39, 0.29) is 41.6 Å². The maximum Gasteiger partial charge on any atom is 0.311 e. The van der Waals surface area contributed by atoms with Gasteiger partial charge in [-0.3, -0.25) is 19.1 Å². The molecule has 0 aliphatic heterocycles. The molecule has 0 unspecified atom stereocenters. The lowest BCUT2D eigenvalue weighted by Crippen LogP contribution is -2.34. The molecule has 0 radical (unpaired) electrons. The van der Waals surface area contributed by atoms with Gasteiger partial charge in [0.1, 0.15) is 22.1 Å². The van der Waals surface area contributed by atoms with Crippen molar-refractivity contribution in [3.63, 3.8) is 0 Å². The summed E-state index contributed by atoms with van der Waals surface area (Å²) >= 11 is 1.19. The van der Waals surface area contributed by atoms with Gasteiger partial charge in [-0.2, -0.15) is 14.6 Å². The lowest BCUT2D eigenvalue weighted by molar-refractivity contribution is -0.162. The number of halogens is 2. The molecule has 2 fully saturated rings. The van der Waals surface area contributed by atoms with Gasteiger partial charge in [0.25, 0.3) is 5.91 Å². The number of carboxylic acids is 1. The molecule has 4 aromatic rings. The second-order valence-corrected chi connectivity index (χ2v) is 12.8. The van der Waals surface area contributed by atoms with E-state index in [2.05, 4.69) is 25.5 Å². The summed E-state index contributed by atoms with van der Waals surface area (Å²) in [5, 5.41) is 23.0. The molecule has 48 heavy (non-hydrogen) atoms. The number of hydrogen-bond donors (Lipinski definition) is 2. The van der Waals surface area contributed by atoms with Gasteiger partial charge in [0, 0.05) is 29.9 Å². The third kappa shape index (κ3) is 7.44. The molecule has 1 amide bonds. The van der Waals surface area contributed by atoms with E-state index in [0.717, 1.165) is 50.7 Å². The number of carbonyl (C=O) groups is 3. The minimum Gasteiger partial charge on any atom is -0.481 e. The molecule has 2 saturated carbocycles. The van der Waals surface area contributed by atoms with Crippen LogP contribution in [-0.2, 0) is 25.8 Å². The maximum absolute atomic E-state index is 14.8. The third-order valence-corrected chi connectivity index (χ3v) is 9.67. The van der Waals surface area contributed by atoms with Crippen LogP contribution in [0.5, 0.6) is 0 Å². The van der Waals surface area contributed by atoms with E-state index in [1.807, 2.05) is 6.92 Å². The molecule has 4 heterocycles. The monoisotopic (exact) mass is 683 g/mol. The van der Waals surface area contributed by atoms with Gasteiger partial charge in [-0.15, -0.1) is 11.3 Å². The van der Waals surface area contributed by atoms with E-state index in [1.54, 1.807) is 22.5 Å². The van der Waals surface area contributed by atoms with Gasteiger partial charge >= 0.3 is 11.9 Å². The summed E-state index contributed by atoms with van der Waals surface area (Å²) in [6.45, 7) is 2.39. The Kier molecular flexibility index (Phi) is 10.2. The highest BCUT2D eigenvalue weighted by molar-refractivity contribution is 7.13. The van der Waals surface area contributed by atoms with Crippen LogP contribution >= 0.6 is 11.3 Å². The molecule has 0 saturated heterocycles. The van der Waals surface area contributed by atoms with Crippen molar-refractivity contribution >= 4 is 34.9 Å². The molecular formula is C32H35F2N7O6S. The van der Waals surface area contributed by atoms with E-state index in [9.17, 15) is 28.3 Å². The standard InChI is InChI=1S/C32H35F2N7O6S/c1-2-46-20-9-7-19(8-10-20)41-15-24(28(39-41)27-23(33)11-12-26(34)38-27)36-29(42)25-16-48-30(37-25)18-13-35-40(14-18)17-47-32(45)22-6-4-3-5-21(22)31(43)44/h11-16,19-22H,2-10,17H2,1H3,(H,36,42)(H,43,44)/t19?,20?,21-,22-/m0/s1. The van der Waals surface area contributed by atoms with Gasteiger partial charge in [-0.1, -0.05) is 12.8 Å². The maximum atomic E-state index is 14.8. The number of rotatable bonds is 11. The number of thiazole rings is 1. The first kappa shape index (κ1) is 33.3. The van der Waals surface area contributed by atoms with E-state index in [0.29, 0.717) is 30.0 Å². The van der Waals surface area contributed by atoms with E-state index in [4.69, 9.17) is 9.47 Å². The van der Waals surface area contributed by atoms with Gasteiger partial charge in [0.05, 0.1) is 35.9 Å². The largest absolute Gasteiger partial charge is 0.481 e. The predicted molar refractivity (Wildman–Crippen MR) is 169 cm³/mol. The van der Waals surface area contributed by atoms with E-state index in [1.165, 1.54) is 22.2 Å². The summed E-state index contributed by atoms with van der Waals surface area (Å²) < 4.78 is 43.1. The third-order valence-electron chi connectivity index (χ3n) is 8.78. The van der Waals surface area contributed by atoms with Crippen LogP contribution in [-0.4, -0.2) is 65.2 Å². The van der Waals surface area contributed by atoms with Crippen molar-refractivity contribution in [2.45, 2.75) is 77.2 Å². The van der Waals surface area contributed by atoms with Crippen molar-refractivity contribution in [2.75, 3.05) is 11.9 Å². The molecule has 4 aromatic heterocycles. The molecule has 2 N–H and O–H groups in total. The van der Waals surface area contributed by atoms with Crippen molar-refractivity contribution in [3.8, 4) is 22.0 Å². The van der Waals surface area contributed by atoms with Crippen LogP contribution in [0, 0.1) is 23.6 Å². The van der Waals surface area contributed by atoms with Gasteiger partial charge in [0.2, 0.25) is 5.95 Å². The first-order chi connectivity index (χ1) is 23.2. The number of anilines is 1. The first-order valence-corrected chi connectivity index (χ1v) is 16.8. The molecular weight excluding hydrogens is 648 g/mol. The van der Waals surface area contributed by atoms with Crippen molar-refractivity contribution in [3.05, 3.63) is 53.6 Å². The van der Waals surface area contributed by atoms with Gasteiger partial charge in [0.15, 0.2) is 12.5 Å². The molecule has 16 heteroatoms. The lowest BCUT2D eigenvalue weighted by atomic mass is 9.79. The predicted octanol–water partition coefficient (Wildman–Crippen LogP) is 5.71. The molecule has 0 aromatic carbocycles. The minimum atomic E-state index is -0.996. The topological polar surface area (TPSA) is 163 Å². The number of carboxylic acid groups (broad SMARTS) is 1. The number of aromatic nitrogens is 6. The SMILES string of the molecule is CCOC1CCC(n2cc(NC(=O)c3csc(-c4cnn(COC(=O)[C@H]5CCCC[C@@H]5C(=O)O)c4)n3)c(-c3nc(F)ccc3F)n2)CC1. The molecule has 6 rings (SSSR count). The van der Waals surface area contributed by atoms with E-state index >= 15 is 0 Å². The number of carbonyl (C=O) groups excluding carboxylic acids is 2. The highest BCUT2D eigenvalue weighted by atomic mass is 32.1. The van der Waals surface area contributed by atoms with Crippen LogP contribution in [0.15, 0.2) is 36.1 Å². The van der Waals surface area contributed by atoms with Gasteiger partial charge in [-0.05, 0) is 57.6 Å². The van der Waals surface area contributed by atoms with Crippen molar-refractivity contribution in [1.82, 2.24) is 29.5 Å². The zero-order chi connectivity index (χ0) is 33.8. The fourth-order valence-corrected chi connectivity index (χ4v) is 7.10. The molecule has 254 valence electrons. The Morgan fingerprint density at radius 3 is 2.54 bits per heavy atom. The molecule has 2 aliphatic rings. The number of pyridine rings is 1. The Bertz CT molecular complexity index is 1780. The Labute approximate surface area is 278 Å². The van der Waals surface area contributed by atoms with Gasteiger partial charge in [-0.25, -0.2) is 19.0 Å². The van der Waals surface area contributed by atoms with Crippen LogP contribution in [0.4, 0.5) is 14.5 Å². The van der Waals surface area contributed by atoms with Gasteiger partial charge < -0.3 is 19.9 Å². The molecule has 0 bridgehead atoms. The average molecular weight is 684 g/mol. The van der Waals surface area contributed by atoms with Crippen LogP contribution in [0.3, 0.4) is 0 Å². The molecule has 13 nitrogen and oxygen atoms in total. The first-order valence-electron chi connectivity index (χ1n) is 15.9. The van der Waals surface area contributed by atoms with Crippen molar-refractivity contribution in [1.29, 1.82) is 0 Å². The lowest BCUT2D eigenvalue weighted by Gasteiger charge is -2.28. The quantitative estimate of drug-likeness (QED) is 0.148. The summed E-state index contributed by atoms with van der Waals surface area (Å²) in [7, 11) is 0. The zero-order valence-corrected chi connectivity index (χ0v) is 27.0. The van der Waals surface area contributed by atoms with Crippen LogP contribution < -0.4 is 5.32 Å². The smallest absolute Gasteiger partial charge is 0.311 e. The number of aliphatic carboxylic acids is 1. The summed E-state index contributed by atoms with van der Waals surface area (Å²) in [4.78, 5) is 45.7. The van der Waals surface area contributed by atoms with Crippen molar-refractivity contribution < 1.29 is 37.7 Å². The number of hydrogen-bond acceptors (Lipinski definition) is 10. The number of esters is 1. The van der Waals surface area contributed by atoms with E-state index < -0.39 is 41.4 Å². The Morgan fingerprint density at radius 2 is 1.79 bits per heavy atom. The normalized spacial score (nSPS) is 21.1. The number of ether oxygens (including phenoxy) is 2. The molecule has 2 atom stereocenters.